The topological polar surface area (TPSA) is 9.23 Å². The van der Waals surface area contributed by atoms with Crippen molar-refractivity contribution in [3.63, 3.8) is 0 Å². The molecule has 1 aromatic carbocycles. The van der Waals surface area contributed by atoms with Crippen molar-refractivity contribution in [2.45, 2.75) is 34.1 Å². The Hall–Kier alpha value is -1.21. The summed E-state index contributed by atoms with van der Waals surface area (Å²) in [5.74, 6) is 0.899. The summed E-state index contributed by atoms with van der Waals surface area (Å²) in [6, 6.07) is 3.85. The van der Waals surface area contributed by atoms with E-state index in [0.717, 1.165) is 17.2 Å². The highest BCUT2D eigenvalue weighted by molar-refractivity contribution is 6.31. The molecule has 1 aliphatic carbocycles. The zero-order valence-corrected chi connectivity index (χ0v) is 12.8. The lowest BCUT2D eigenvalue weighted by molar-refractivity contribution is 0.410. The SMILES string of the molecule is C=CC.CC.COc1cc(Cl)cc2c1CC(C)=C2. The maximum absolute atomic E-state index is 5.95. The molecule has 2 rings (SSSR count). The molecule has 0 N–H and O–H groups in total. The Kier molecular flexibility index (Phi) is 8.23. The molecule has 0 aromatic heterocycles. The number of ether oxygens (including phenoxy) is 1. The van der Waals surface area contributed by atoms with E-state index in [1.165, 1.54) is 16.7 Å². The molecule has 0 unspecified atom stereocenters. The molecule has 0 amide bonds. The van der Waals surface area contributed by atoms with Gasteiger partial charge in [-0.3, -0.25) is 0 Å². The number of halogens is 1. The minimum absolute atomic E-state index is 0.738. The fourth-order valence-corrected chi connectivity index (χ4v) is 1.94. The van der Waals surface area contributed by atoms with Crippen molar-refractivity contribution in [1.82, 2.24) is 0 Å². The van der Waals surface area contributed by atoms with Gasteiger partial charge in [0.1, 0.15) is 5.75 Å². The van der Waals surface area contributed by atoms with Crippen LogP contribution in [0.1, 0.15) is 38.8 Å². The number of rotatable bonds is 1. The lowest BCUT2D eigenvalue weighted by atomic mass is 10.1. The normalized spacial score (nSPS) is 11.1. The Morgan fingerprint density at radius 3 is 2.39 bits per heavy atom. The fourth-order valence-electron chi connectivity index (χ4n) is 1.73. The van der Waals surface area contributed by atoms with Gasteiger partial charge in [0.2, 0.25) is 0 Å². The molecule has 18 heavy (non-hydrogen) atoms. The first-order chi connectivity index (χ1) is 8.62. The Balaban J connectivity index is 0.000000509. The number of allylic oxidation sites excluding steroid dienone is 2. The van der Waals surface area contributed by atoms with E-state index in [-0.39, 0.29) is 0 Å². The van der Waals surface area contributed by atoms with E-state index in [1.54, 1.807) is 13.2 Å². The summed E-state index contributed by atoms with van der Waals surface area (Å²) >= 11 is 5.95. The van der Waals surface area contributed by atoms with Crippen molar-refractivity contribution >= 4 is 17.7 Å². The van der Waals surface area contributed by atoms with Crippen molar-refractivity contribution in [1.29, 1.82) is 0 Å². The summed E-state index contributed by atoms with van der Waals surface area (Å²) in [5.41, 5.74) is 3.81. The Morgan fingerprint density at radius 2 is 1.89 bits per heavy atom. The molecule has 100 valence electrons. The van der Waals surface area contributed by atoms with Gasteiger partial charge in [0.05, 0.1) is 7.11 Å². The van der Waals surface area contributed by atoms with Crippen molar-refractivity contribution in [3.05, 3.63) is 46.5 Å². The van der Waals surface area contributed by atoms with Crippen molar-refractivity contribution in [2.75, 3.05) is 7.11 Å². The predicted molar refractivity (Wildman–Crippen MR) is 82.6 cm³/mol. The molecule has 0 aliphatic heterocycles. The number of fused-ring (bicyclic) bond motifs is 1. The van der Waals surface area contributed by atoms with Crippen molar-refractivity contribution < 1.29 is 4.74 Å². The van der Waals surface area contributed by atoms with Gasteiger partial charge < -0.3 is 4.74 Å². The molecule has 2 heteroatoms. The van der Waals surface area contributed by atoms with Gasteiger partial charge in [0.15, 0.2) is 0 Å². The van der Waals surface area contributed by atoms with Crippen molar-refractivity contribution in [2.24, 2.45) is 0 Å². The first-order valence-corrected chi connectivity index (χ1v) is 6.60. The van der Waals surface area contributed by atoms with Crippen molar-refractivity contribution in [3.8, 4) is 5.75 Å². The van der Waals surface area contributed by atoms with Crippen LogP contribution >= 0.6 is 11.6 Å². The van der Waals surface area contributed by atoms with E-state index in [4.69, 9.17) is 16.3 Å². The minimum atomic E-state index is 0.738. The third-order valence-electron chi connectivity index (χ3n) is 2.29. The lowest BCUT2D eigenvalue weighted by Gasteiger charge is -2.07. The van der Waals surface area contributed by atoms with Crippen LogP contribution in [-0.4, -0.2) is 7.11 Å². The van der Waals surface area contributed by atoms with E-state index < -0.39 is 0 Å². The summed E-state index contributed by atoms with van der Waals surface area (Å²) in [5, 5.41) is 0.738. The molecule has 0 saturated carbocycles. The molecule has 1 aliphatic rings. The van der Waals surface area contributed by atoms with Gasteiger partial charge in [0, 0.05) is 10.6 Å². The molecule has 0 spiro atoms. The highest BCUT2D eigenvalue weighted by Gasteiger charge is 2.15. The minimum Gasteiger partial charge on any atom is -0.496 e. The molecule has 0 fully saturated rings. The third-order valence-corrected chi connectivity index (χ3v) is 2.50. The summed E-state index contributed by atoms with van der Waals surface area (Å²) in [6.07, 6.45) is 4.89. The van der Waals surface area contributed by atoms with E-state index >= 15 is 0 Å². The average molecular weight is 267 g/mol. The number of hydrogen-bond donors (Lipinski definition) is 0. The predicted octanol–water partition coefficient (Wildman–Crippen LogP) is 5.53. The van der Waals surface area contributed by atoms with Gasteiger partial charge >= 0.3 is 0 Å². The number of benzene rings is 1. The highest BCUT2D eigenvalue weighted by atomic mass is 35.5. The van der Waals surface area contributed by atoms with E-state index in [2.05, 4.69) is 19.6 Å². The van der Waals surface area contributed by atoms with E-state index in [0.29, 0.717) is 0 Å². The summed E-state index contributed by atoms with van der Waals surface area (Å²) in [7, 11) is 1.68. The van der Waals surface area contributed by atoms with Crippen LogP contribution in [0.5, 0.6) is 5.75 Å². The van der Waals surface area contributed by atoms with Crippen LogP contribution in [0.15, 0.2) is 30.4 Å². The molecule has 0 atom stereocenters. The summed E-state index contributed by atoms with van der Waals surface area (Å²) < 4.78 is 5.27. The molecule has 0 radical (unpaired) electrons. The molecule has 1 aromatic rings. The molecular weight excluding hydrogens is 244 g/mol. The van der Waals surface area contributed by atoms with E-state index in [9.17, 15) is 0 Å². The van der Waals surface area contributed by atoms with Crippen LogP contribution < -0.4 is 4.74 Å². The van der Waals surface area contributed by atoms with Crippen LogP contribution in [0.2, 0.25) is 5.02 Å². The first-order valence-electron chi connectivity index (χ1n) is 6.23. The molecular formula is C16H23ClO. The summed E-state index contributed by atoms with van der Waals surface area (Å²) in [4.78, 5) is 0. The average Bonchev–Trinajstić information content (AvgIpc) is 2.71. The molecule has 1 nitrogen and oxygen atoms in total. The Morgan fingerprint density at radius 1 is 1.33 bits per heavy atom. The quantitative estimate of drug-likeness (QED) is 0.608. The van der Waals surface area contributed by atoms with Gasteiger partial charge in [-0.15, -0.1) is 6.58 Å². The van der Waals surface area contributed by atoms with Crippen LogP contribution in [0, 0.1) is 0 Å². The van der Waals surface area contributed by atoms with Crippen LogP contribution in [0.3, 0.4) is 0 Å². The Bertz CT molecular complexity index is 419. The van der Waals surface area contributed by atoms with Gasteiger partial charge in [0.25, 0.3) is 0 Å². The monoisotopic (exact) mass is 266 g/mol. The smallest absolute Gasteiger partial charge is 0.124 e. The maximum Gasteiger partial charge on any atom is 0.124 e. The van der Waals surface area contributed by atoms with Gasteiger partial charge in [-0.25, -0.2) is 0 Å². The maximum atomic E-state index is 5.95. The summed E-state index contributed by atoms with van der Waals surface area (Å²) in [6.45, 7) is 11.4. The number of hydrogen-bond acceptors (Lipinski definition) is 1. The van der Waals surface area contributed by atoms with Gasteiger partial charge in [-0.05, 0) is 38.0 Å². The first kappa shape index (κ1) is 16.8. The molecule has 0 bridgehead atoms. The largest absolute Gasteiger partial charge is 0.496 e. The van der Waals surface area contributed by atoms with E-state index in [1.807, 2.05) is 32.9 Å². The van der Waals surface area contributed by atoms with Gasteiger partial charge in [-0.2, -0.15) is 0 Å². The second-order valence-electron chi connectivity index (χ2n) is 3.75. The van der Waals surface area contributed by atoms with Crippen LogP contribution in [0.4, 0.5) is 0 Å². The second-order valence-corrected chi connectivity index (χ2v) is 4.19. The highest BCUT2D eigenvalue weighted by Crippen LogP contribution is 2.34. The zero-order chi connectivity index (χ0) is 14.1. The standard InChI is InChI=1S/C11H11ClO.C3H6.C2H6/c1-7-3-8-5-9(12)6-11(13-2)10(8)4-7;1-3-2;1-2/h3,5-6H,4H2,1-2H3;3H,1H2,2H3;1-2H3. The second kappa shape index (κ2) is 8.82. The fraction of sp³-hybridized carbons (Fsp3) is 0.375. The number of methoxy groups -OCH3 is 1. The zero-order valence-electron chi connectivity index (χ0n) is 12.0. The third kappa shape index (κ3) is 4.58. The van der Waals surface area contributed by atoms with Crippen LogP contribution in [-0.2, 0) is 6.42 Å². The lowest BCUT2D eigenvalue weighted by Crippen LogP contribution is -1.91. The van der Waals surface area contributed by atoms with Gasteiger partial charge in [-0.1, -0.05) is 43.2 Å². The Labute approximate surface area is 116 Å². The molecule has 0 heterocycles. The van der Waals surface area contributed by atoms with Crippen LogP contribution in [0.25, 0.3) is 6.08 Å². The molecule has 0 saturated heterocycles.